The maximum absolute atomic E-state index is 12.8. The van der Waals surface area contributed by atoms with Crippen LogP contribution in [0.4, 0.5) is 18.9 Å². The molecule has 2 rings (SSSR count). The molecule has 0 aliphatic carbocycles. The number of ether oxygens (including phenoxy) is 1. The van der Waals surface area contributed by atoms with Crippen LogP contribution in [0.2, 0.25) is 10.0 Å². The van der Waals surface area contributed by atoms with Crippen molar-refractivity contribution in [2.45, 2.75) is 13.1 Å². The molecule has 1 N–H and O–H groups in total. The van der Waals surface area contributed by atoms with E-state index in [4.69, 9.17) is 27.9 Å². The van der Waals surface area contributed by atoms with Gasteiger partial charge in [0.1, 0.15) is 17.4 Å². The quantitative estimate of drug-likeness (QED) is 0.472. The van der Waals surface area contributed by atoms with Crippen LogP contribution in [0.5, 0.6) is 5.75 Å². The van der Waals surface area contributed by atoms with E-state index < -0.39 is 17.6 Å². The van der Waals surface area contributed by atoms with E-state index >= 15 is 0 Å². The number of hydrogen-bond donors (Lipinski definition) is 1. The van der Waals surface area contributed by atoms with Gasteiger partial charge in [0.15, 0.2) is 0 Å². The molecular formula is C19H13Cl2F3N2O2. The van der Waals surface area contributed by atoms with E-state index in [1.807, 2.05) is 0 Å². The summed E-state index contributed by atoms with van der Waals surface area (Å²) in [4.78, 5) is 12.4. The number of alkyl halides is 3. The number of nitrogens with one attached hydrogen (secondary N) is 1. The van der Waals surface area contributed by atoms with Crippen molar-refractivity contribution in [3.05, 3.63) is 63.1 Å². The molecule has 0 spiro atoms. The molecule has 0 bridgehead atoms. The Kier molecular flexibility index (Phi) is 6.95. The normalized spacial score (nSPS) is 11.7. The lowest BCUT2D eigenvalue weighted by Gasteiger charge is -2.11. The first-order chi connectivity index (χ1) is 13.2. The van der Waals surface area contributed by atoms with Gasteiger partial charge in [0.05, 0.1) is 17.2 Å². The summed E-state index contributed by atoms with van der Waals surface area (Å²) < 4.78 is 43.8. The van der Waals surface area contributed by atoms with E-state index in [0.29, 0.717) is 0 Å². The van der Waals surface area contributed by atoms with Gasteiger partial charge in [-0.3, -0.25) is 4.79 Å². The largest absolute Gasteiger partial charge is 0.492 e. The fraction of sp³-hybridized carbons (Fsp3) is 0.158. The van der Waals surface area contributed by atoms with Gasteiger partial charge in [-0.1, -0.05) is 29.3 Å². The third-order valence-electron chi connectivity index (χ3n) is 3.44. The maximum atomic E-state index is 12.8. The topological polar surface area (TPSA) is 62.1 Å². The van der Waals surface area contributed by atoms with Crippen LogP contribution in [0, 0.1) is 11.3 Å². The van der Waals surface area contributed by atoms with Crippen molar-refractivity contribution in [2.24, 2.45) is 0 Å². The van der Waals surface area contributed by atoms with Gasteiger partial charge in [0.25, 0.3) is 5.91 Å². The number of carbonyl (C=O) groups is 1. The Labute approximate surface area is 169 Å². The number of amides is 1. The highest BCUT2D eigenvalue weighted by Crippen LogP contribution is 2.34. The van der Waals surface area contributed by atoms with Crippen LogP contribution in [0.1, 0.15) is 18.1 Å². The minimum absolute atomic E-state index is 0.102. The summed E-state index contributed by atoms with van der Waals surface area (Å²) in [6.45, 7) is 2.00. The van der Waals surface area contributed by atoms with Crippen molar-refractivity contribution in [3.63, 3.8) is 0 Å². The minimum Gasteiger partial charge on any atom is -0.492 e. The highest BCUT2D eigenvalue weighted by molar-refractivity contribution is 6.36. The molecule has 4 nitrogen and oxygen atoms in total. The molecule has 0 atom stereocenters. The number of nitriles is 1. The molecular weight excluding hydrogens is 416 g/mol. The first kappa shape index (κ1) is 21.6. The van der Waals surface area contributed by atoms with Crippen LogP contribution in [0.3, 0.4) is 0 Å². The second kappa shape index (κ2) is 9.00. The number of halogens is 5. The molecule has 0 fully saturated rings. The molecule has 1 amide bonds. The average Bonchev–Trinajstić information content (AvgIpc) is 2.61. The van der Waals surface area contributed by atoms with Crippen LogP contribution in [-0.4, -0.2) is 12.5 Å². The summed E-state index contributed by atoms with van der Waals surface area (Å²) in [5.74, 6) is -0.659. The number of anilines is 1. The molecule has 0 aliphatic heterocycles. The van der Waals surface area contributed by atoms with Gasteiger partial charge in [-0.2, -0.15) is 18.4 Å². The predicted molar refractivity (Wildman–Crippen MR) is 101 cm³/mol. The maximum Gasteiger partial charge on any atom is 0.416 e. The zero-order chi connectivity index (χ0) is 20.9. The van der Waals surface area contributed by atoms with Crippen molar-refractivity contribution in [1.82, 2.24) is 0 Å². The van der Waals surface area contributed by atoms with Gasteiger partial charge >= 0.3 is 6.18 Å². The lowest BCUT2D eigenvalue weighted by atomic mass is 10.1. The van der Waals surface area contributed by atoms with E-state index in [1.54, 1.807) is 13.0 Å². The summed E-state index contributed by atoms with van der Waals surface area (Å²) in [6.07, 6.45) is -3.36. The smallest absolute Gasteiger partial charge is 0.416 e. The first-order valence-electron chi connectivity index (χ1n) is 7.88. The van der Waals surface area contributed by atoms with Crippen LogP contribution < -0.4 is 10.1 Å². The summed E-state index contributed by atoms with van der Waals surface area (Å²) in [6, 6.07) is 8.68. The second-order valence-electron chi connectivity index (χ2n) is 5.44. The standard InChI is InChI=1S/C19H13Cl2F3N2O2/c1-2-28-17-11(7-14(20)9-16(17)21)6-12(10-25)18(27)26-15-5-3-4-13(8-15)19(22,23)24/h3-9H,2H2,1H3,(H,26,27)/b12-6+. The second-order valence-corrected chi connectivity index (χ2v) is 6.29. The molecule has 0 saturated heterocycles. The molecule has 2 aromatic rings. The molecule has 28 heavy (non-hydrogen) atoms. The minimum atomic E-state index is -4.56. The van der Waals surface area contributed by atoms with Crippen LogP contribution in [-0.2, 0) is 11.0 Å². The van der Waals surface area contributed by atoms with Gasteiger partial charge in [-0.05, 0) is 43.3 Å². The predicted octanol–water partition coefficient (Wildman–Crippen LogP) is 5.96. The molecule has 2 aromatic carbocycles. The van der Waals surface area contributed by atoms with Crippen molar-refractivity contribution in [3.8, 4) is 11.8 Å². The fourth-order valence-corrected chi connectivity index (χ4v) is 2.82. The average molecular weight is 429 g/mol. The molecule has 146 valence electrons. The van der Waals surface area contributed by atoms with E-state index in [9.17, 15) is 23.2 Å². The number of carbonyl (C=O) groups excluding carboxylic acids is 1. The zero-order valence-electron chi connectivity index (χ0n) is 14.4. The molecule has 0 radical (unpaired) electrons. The monoisotopic (exact) mass is 428 g/mol. The Morgan fingerprint density at radius 1 is 1.29 bits per heavy atom. The van der Waals surface area contributed by atoms with Gasteiger partial charge in [0.2, 0.25) is 0 Å². The number of hydrogen-bond acceptors (Lipinski definition) is 3. The lowest BCUT2D eigenvalue weighted by Crippen LogP contribution is -2.14. The molecule has 9 heteroatoms. The third kappa shape index (κ3) is 5.41. The van der Waals surface area contributed by atoms with Crippen LogP contribution in [0.25, 0.3) is 6.08 Å². The summed E-state index contributed by atoms with van der Waals surface area (Å²) in [5.41, 5.74) is -1.10. The van der Waals surface area contributed by atoms with E-state index in [-0.39, 0.29) is 39.2 Å². The SMILES string of the molecule is CCOc1c(Cl)cc(Cl)cc1/C=C(\C#N)C(=O)Nc1cccc(C(F)(F)F)c1. The van der Waals surface area contributed by atoms with Gasteiger partial charge < -0.3 is 10.1 Å². The summed E-state index contributed by atoms with van der Waals surface area (Å²) >= 11 is 12.0. The fourth-order valence-electron chi connectivity index (χ4n) is 2.26. The Morgan fingerprint density at radius 3 is 2.61 bits per heavy atom. The van der Waals surface area contributed by atoms with E-state index in [1.165, 1.54) is 24.3 Å². The Hall–Kier alpha value is -2.69. The molecule has 0 aromatic heterocycles. The van der Waals surface area contributed by atoms with Crippen LogP contribution in [0.15, 0.2) is 42.0 Å². The highest BCUT2D eigenvalue weighted by Gasteiger charge is 2.30. The van der Waals surface area contributed by atoms with Crippen molar-refractivity contribution in [1.29, 1.82) is 5.26 Å². The van der Waals surface area contributed by atoms with Crippen molar-refractivity contribution < 1.29 is 22.7 Å². The number of rotatable bonds is 5. The Balaban J connectivity index is 2.36. The van der Waals surface area contributed by atoms with Gasteiger partial charge in [-0.25, -0.2) is 0 Å². The molecule has 0 saturated carbocycles. The molecule has 0 aliphatic rings. The lowest BCUT2D eigenvalue weighted by molar-refractivity contribution is -0.137. The van der Waals surface area contributed by atoms with Crippen molar-refractivity contribution >= 4 is 40.9 Å². The highest BCUT2D eigenvalue weighted by atomic mass is 35.5. The van der Waals surface area contributed by atoms with Crippen LogP contribution >= 0.6 is 23.2 Å². The molecule has 0 heterocycles. The van der Waals surface area contributed by atoms with Crippen molar-refractivity contribution in [2.75, 3.05) is 11.9 Å². The summed E-state index contributed by atoms with van der Waals surface area (Å²) in [5, 5.41) is 12.0. The Morgan fingerprint density at radius 2 is 2.00 bits per heavy atom. The molecule has 0 unspecified atom stereocenters. The first-order valence-corrected chi connectivity index (χ1v) is 8.63. The van der Waals surface area contributed by atoms with Gasteiger partial charge in [-0.15, -0.1) is 0 Å². The van der Waals surface area contributed by atoms with E-state index in [0.717, 1.165) is 18.2 Å². The third-order valence-corrected chi connectivity index (χ3v) is 3.94. The summed E-state index contributed by atoms with van der Waals surface area (Å²) in [7, 11) is 0. The van der Waals surface area contributed by atoms with Gasteiger partial charge in [0, 0.05) is 16.3 Å². The zero-order valence-corrected chi connectivity index (χ0v) is 15.9. The van der Waals surface area contributed by atoms with E-state index in [2.05, 4.69) is 5.32 Å². The number of benzene rings is 2. The number of nitrogens with zero attached hydrogens (tertiary/aromatic N) is 1. The Bertz CT molecular complexity index is 967.